The predicted octanol–water partition coefficient (Wildman–Crippen LogP) is 3.74. The lowest BCUT2D eigenvalue weighted by atomic mass is 9.44. The Hall–Kier alpha value is -5.74. The van der Waals surface area contributed by atoms with E-state index in [1.165, 1.54) is 26.0 Å². The molecule has 3 aliphatic carbocycles. The number of nitrogens with one attached hydrogen (secondary N) is 1. The molecule has 4 aliphatic rings. The van der Waals surface area contributed by atoms with Gasteiger partial charge >= 0.3 is 23.9 Å². The van der Waals surface area contributed by atoms with E-state index in [0.29, 0.717) is 5.56 Å². The summed E-state index contributed by atoms with van der Waals surface area (Å²) < 4.78 is 30.3. The first-order chi connectivity index (χ1) is 29.3. The van der Waals surface area contributed by atoms with Gasteiger partial charge in [-0.15, -0.1) is 0 Å². The van der Waals surface area contributed by atoms with Gasteiger partial charge in [-0.2, -0.15) is 0 Å². The highest BCUT2D eigenvalue weighted by molar-refractivity contribution is 5.96. The molecule has 1 amide bonds. The van der Waals surface area contributed by atoms with Crippen molar-refractivity contribution in [2.24, 2.45) is 16.7 Å². The van der Waals surface area contributed by atoms with Crippen molar-refractivity contribution in [3.05, 3.63) is 119 Å². The maximum Gasteiger partial charge on any atom is 0.338 e. The number of rotatable bonds is 10. The number of ketones is 1. The monoisotopic (exact) mass is 853 g/mol. The van der Waals surface area contributed by atoms with Crippen LogP contribution in [0.1, 0.15) is 86.7 Å². The standard InChI is InChI=1S/C47H51NO14/c1-25-31(60-43(56)36(52)35(28-16-10-7-11-17-28)48-41(54)29-18-12-8-13-19-29)23-47(57)40(61-42(55)30-20-14-9-15-21-30)38-45(6,32(51)22-33-46(38,24-58-33)62-27(3)50)39(53)37(59-26(2)49)34(25)44(47,4)5/h7-21,31-33,35-38,40,51-52,57H,22-24H2,1-6H3,(H,48,54)/t31-,32-,33?,35-,36+,37?,38?,40?,45+,46-,47+/m0/s1. The zero-order chi connectivity index (χ0) is 44.9. The molecule has 1 aliphatic heterocycles. The molecule has 15 nitrogen and oxygen atoms in total. The van der Waals surface area contributed by atoms with Gasteiger partial charge in [0.25, 0.3) is 5.91 Å². The highest BCUT2D eigenvalue weighted by Crippen LogP contribution is 2.64. The third-order valence-electron chi connectivity index (χ3n) is 13.5. The van der Waals surface area contributed by atoms with Gasteiger partial charge in [-0.3, -0.25) is 19.2 Å². The summed E-state index contributed by atoms with van der Waals surface area (Å²) >= 11 is 0. The van der Waals surface area contributed by atoms with E-state index in [4.69, 9.17) is 23.7 Å². The molecule has 4 unspecified atom stereocenters. The van der Waals surface area contributed by atoms with E-state index < -0.39 is 113 Å². The molecule has 3 aromatic rings. The number of aliphatic hydroxyl groups is 3. The number of hydrogen-bond donors (Lipinski definition) is 4. The molecule has 7 rings (SSSR count). The molecule has 0 aromatic heterocycles. The summed E-state index contributed by atoms with van der Waals surface area (Å²) in [6.45, 7) is 7.97. The van der Waals surface area contributed by atoms with Gasteiger partial charge in [0.15, 0.2) is 23.6 Å². The molecule has 15 heteroatoms. The number of aliphatic hydroxyl groups excluding tert-OH is 2. The zero-order valence-electron chi connectivity index (χ0n) is 35.2. The summed E-state index contributed by atoms with van der Waals surface area (Å²) in [5.41, 5.74) is -7.02. The van der Waals surface area contributed by atoms with E-state index in [1.807, 2.05) is 0 Å². The van der Waals surface area contributed by atoms with Crippen molar-refractivity contribution in [3.8, 4) is 0 Å². The summed E-state index contributed by atoms with van der Waals surface area (Å²) in [5.74, 6) is -6.84. The second-order valence-corrected chi connectivity index (χ2v) is 17.4. The lowest BCUT2D eigenvalue weighted by Crippen LogP contribution is -2.82. The lowest BCUT2D eigenvalue weighted by Gasteiger charge is -2.67. The smallest absolute Gasteiger partial charge is 0.338 e. The van der Waals surface area contributed by atoms with Crippen molar-refractivity contribution in [1.82, 2.24) is 5.32 Å². The highest BCUT2D eigenvalue weighted by Gasteiger charge is 2.78. The van der Waals surface area contributed by atoms with Crippen LogP contribution in [0.3, 0.4) is 0 Å². The van der Waals surface area contributed by atoms with Crippen LogP contribution >= 0.6 is 0 Å². The van der Waals surface area contributed by atoms with Crippen molar-refractivity contribution >= 4 is 35.6 Å². The first kappa shape index (κ1) is 44.3. The summed E-state index contributed by atoms with van der Waals surface area (Å²) in [4.78, 5) is 83.5. The summed E-state index contributed by atoms with van der Waals surface area (Å²) in [6.07, 6.45) is -10.5. The molecule has 0 radical (unpaired) electrons. The number of carbonyl (C=O) groups is 6. The van der Waals surface area contributed by atoms with Crippen LogP contribution in [-0.2, 0) is 42.9 Å². The molecule has 11 atom stereocenters. The van der Waals surface area contributed by atoms with Crippen LogP contribution < -0.4 is 5.32 Å². The molecule has 2 bridgehead atoms. The van der Waals surface area contributed by atoms with Gasteiger partial charge in [0.1, 0.15) is 23.9 Å². The molecular formula is C47H51NO14. The molecule has 328 valence electrons. The van der Waals surface area contributed by atoms with E-state index >= 15 is 4.79 Å². The minimum absolute atomic E-state index is 0.00289. The molecular weight excluding hydrogens is 803 g/mol. The number of carbonyl (C=O) groups excluding carboxylic acids is 6. The molecule has 3 fully saturated rings. The van der Waals surface area contributed by atoms with E-state index in [1.54, 1.807) is 92.7 Å². The van der Waals surface area contributed by atoms with Crippen LogP contribution in [0.2, 0.25) is 0 Å². The number of fused-ring (bicyclic) bond motifs is 5. The Bertz CT molecular complexity index is 2280. The summed E-state index contributed by atoms with van der Waals surface area (Å²) in [6, 6.07) is 22.9. The van der Waals surface area contributed by atoms with E-state index in [2.05, 4.69) is 5.32 Å². The molecule has 0 spiro atoms. The van der Waals surface area contributed by atoms with Crippen molar-refractivity contribution in [3.63, 3.8) is 0 Å². The number of amides is 1. The molecule has 1 heterocycles. The van der Waals surface area contributed by atoms with Gasteiger partial charge in [0.2, 0.25) is 0 Å². The Balaban J connectivity index is 1.39. The van der Waals surface area contributed by atoms with Crippen LogP contribution in [-0.4, -0.2) is 105 Å². The molecule has 2 saturated carbocycles. The van der Waals surface area contributed by atoms with Crippen LogP contribution in [0.4, 0.5) is 0 Å². The second kappa shape index (κ2) is 16.5. The maximum absolute atomic E-state index is 15.5. The fourth-order valence-corrected chi connectivity index (χ4v) is 10.2. The normalized spacial score (nSPS) is 31.9. The largest absolute Gasteiger partial charge is 0.456 e. The third kappa shape index (κ3) is 7.29. The minimum atomic E-state index is -2.39. The molecule has 3 aromatic carbocycles. The molecule has 1 saturated heterocycles. The number of esters is 4. The highest BCUT2D eigenvalue weighted by atomic mass is 16.6. The Labute approximate surface area is 358 Å². The van der Waals surface area contributed by atoms with Crippen molar-refractivity contribution in [1.29, 1.82) is 0 Å². The van der Waals surface area contributed by atoms with Crippen LogP contribution in [0.15, 0.2) is 102 Å². The van der Waals surface area contributed by atoms with Crippen molar-refractivity contribution in [2.45, 2.75) is 108 Å². The third-order valence-corrected chi connectivity index (χ3v) is 13.5. The number of ether oxygens (including phenoxy) is 5. The number of benzene rings is 3. The summed E-state index contributed by atoms with van der Waals surface area (Å²) in [7, 11) is 0. The Morgan fingerprint density at radius 1 is 0.823 bits per heavy atom. The summed E-state index contributed by atoms with van der Waals surface area (Å²) in [5, 5.41) is 40.2. The average molecular weight is 854 g/mol. The lowest BCUT2D eigenvalue weighted by molar-refractivity contribution is -0.346. The van der Waals surface area contributed by atoms with Crippen LogP contribution in [0, 0.1) is 16.7 Å². The molecule has 4 N–H and O–H groups in total. The first-order valence-electron chi connectivity index (χ1n) is 20.5. The van der Waals surface area contributed by atoms with Gasteiger partial charge < -0.3 is 44.3 Å². The topological polar surface area (TPSA) is 221 Å². The van der Waals surface area contributed by atoms with Crippen molar-refractivity contribution in [2.75, 3.05) is 6.61 Å². The minimum Gasteiger partial charge on any atom is -0.456 e. The van der Waals surface area contributed by atoms with Gasteiger partial charge in [-0.05, 0) is 54.8 Å². The first-order valence-corrected chi connectivity index (χ1v) is 20.5. The van der Waals surface area contributed by atoms with E-state index in [-0.39, 0.29) is 35.3 Å². The van der Waals surface area contributed by atoms with E-state index in [9.17, 15) is 39.3 Å². The quantitative estimate of drug-likeness (QED) is 0.130. The van der Waals surface area contributed by atoms with Gasteiger partial charge in [-0.25, -0.2) is 9.59 Å². The fraction of sp³-hybridized carbons (Fsp3) is 0.447. The predicted molar refractivity (Wildman–Crippen MR) is 218 cm³/mol. The van der Waals surface area contributed by atoms with Crippen LogP contribution in [0.5, 0.6) is 0 Å². The Kier molecular flexibility index (Phi) is 11.8. The fourth-order valence-electron chi connectivity index (χ4n) is 10.2. The van der Waals surface area contributed by atoms with Crippen LogP contribution in [0.25, 0.3) is 0 Å². The molecule has 62 heavy (non-hydrogen) atoms. The Morgan fingerprint density at radius 2 is 1.40 bits per heavy atom. The maximum atomic E-state index is 15.5. The second-order valence-electron chi connectivity index (χ2n) is 17.4. The average Bonchev–Trinajstić information content (AvgIpc) is 3.24. The number of hydrogen-bond acceptors (Lipinski definition) is 14. The van der Waals surface area contributed by atoms with Gasteiger partial charge in [-0.1, -0.05) is 80.6 Å². The zero-order valence-corrected chi connectivity index (χ0v) is 35.2. The van der Waals surface area contributed by atoms with Gasteiger partial charge in [0.05, 0.1) is 35.6 Å². The van der Waals surface area contributed by atoms with Crippen molar-refractivity contribution < 1.29 is 67.8 Å². The Morgan fingerprint density at radius 3 is 1.95 bits per heavy atom. The SMILES string of the molecule is CC(=O)OC1C(=O)[C@@]2(C)C(C(OC(=O)c3ccccc3)[C@]3(O)C[C@H](OC(=O)[C@H](O)[C@@H](NC(=O)c4ccccc4)c4ccccc4)C(C)=C1C3(C)C)[C@]1(OC(C)=O)COC1C[C@@H]2O. The van der Waals surface area contributed by atoms with E-state index in [0.717, 1.165) is 13.8 Å². The number of Topliss-reactive ketones (excluding diaryl/α,β-unsaturated/α-hetero) is 1. The van der Waals surface area contributed by atoms with Gasteiger partial charge in [0, 0.05) is 37.7 Å².